The first-order valence-corrected chi connectivity index (χ1v) is 13.4. The van der Waals surface area contributed by atoms with Crippen molar-refractivity contribution in [3.63, 3.8) is 0 Å². The summed E-state index contributed by atoms with van der Waals surface area (Å²) in [6.07, 6.45) is 1.50. The van der Waals surface area contributed by atoms with E-state index in [1.807, 2.05) is 32.0 Å². The van der Waals surface area contributed by atoms with E-state index in [-0.39, 0.29) is 16.4 Å². The van der Waals surface area contributed by atoms with E-state index >= 15 is 0 Å². The number of nitrogen functional groups attached to an aromatic ring is 1. The molecule has 0 aliphatic rings. The minimum atomic E-state index is -3.96. The number of aryl methyl sites for hydroxylation is 2. The van der Waals surface area contributed by atoms with Gasteiger partial charge in [0.15, 0.2) is 26.8 Å². The number of carbonyl (C=O) groups is 1. The highest BCUT2D eigenvalue weighted by molar-refractivity contribution is 7.97. The number of hydrogen-bond donors (Lipinski definition) is 2. The zero-order chi connectivity index (χ0) is 25.1. The first-order chi connectivity index (χ1) is 16.0. The molecule has 3 N–H and O–H groups in total. The summed E-state index contributed by atoms with van der Waals surface area (Å²) in [5.74, 6) is -0.643. The molecule has 0 unspecified atom stereocenters. The Kier molecular flexibility index (Phi) is 7.52. The fraction of sp³-hybridized carbons (Fsp3) is 0.227. The molecule has 12 heteroatoms. The molecular formula is C22H25N4O6PS. The fourth-order valence-corrected chi connectivity index (χ4v) is 7.00. The molecule has 0 saturated heterocycles. The van der Waals surface area contributed by atoms with Crippen molar-refractivity contribution in [2.45, 2.75) is 18.7 Å². The van der Waals surface area contributed by atoms with Gasteiger partial charge in [-0.25, -0.2) is 18.4 Å². The molecule has 0 aliphatic carbocycles. The first kappa shape index (κ1) is 25.5. The maximum absolute atomic E-state index is 12.8. The third kappa shape index (κ3) is 5.68. The number of carbonyl (C=O) groups excluding carboxylic acids is 1. The number of benzene rings is 2. The van der Waals surface area contributed by atoms with Gasteiger partial charge in [-0.15, -0.1) is 0 Å². The minimum absolute atomic E-state index is 0.0416. The minimum Gasteiger partial charge on any atom is -0.382 e. The molecule has 0 spiro atoms. The molecule has 10 nitrogen and oxygen atoms in total. The molecular weight excluding hydrogens is 479 g/mol. The predicted molar refractivity (Wildman–Crippen MR) is 129 cm³/mol. The molecule has 180 valence electrons. The number of nitrogens with two attached hydrogens (primary N) is 1. The van der Waals surface area contributed by atoms with Gasteiger partial charge >= 0.3 is 7.60 Å². The first-order valence-electron chi connectivity index (χ1n) is 10.0. The smallest absolute Gasteiger partial charge is 0.345 e. The van der Waals surface area contributed by atoms with Crippen LogP contribution < -0.4 is 11.1 Å². The number of nitrogens with zero attached hydrogens (tertiary/aromatic N) is 2. The monoisotopic (exact) mass is 504 g/mol. The lowest BCUT2D eigenvalue weighted by molar-refractivity contribution is 0.102. The van der Waals surface area contributed by atoms with E-state index in [0.717, 1.165) is 30.9 Å². The Morgan fingerprint density at radius 1 is 1.09 bits per heavy atom. The van der Waals surface area contributed by atoms with E-state index in [2.05, 4.69) is 15.3 Å². The van der Waals surface area contributed by atoms with Gasteiger partial charge in [-0.1, -0.05) is 23.8 Å². The van der Waals surface area contributed by atoms with Gasteiger partial charge in [0.1, 0.15) is 0 Å². The average Bonchev–Trinajstić information content (AvgIpc) is 2.79. The molecule has 3 rings (SSSR count). The number of aromatic nitrogens is 2. The van der Waals surface area contributed by atoms with Gasteiger partial charge in [0.2, 0.25) is 0 Å². The standard InChI is InChI=1S/C22H25N4O6PS/c1-14-5-10-18(15(2)11-14)19-12-24-21(23)20(26-19)22(27)25-16-6-8-17(9-7-16)34(29,30)13-33(28,31-3)32-4/h5-12H,13H2,1-4H3,(H2,23,24)(H,25,27). The van der Waals surface area contributed by atoms with E-state index in [1.165, 1.54) is 30.5 Å². The second-order valence-electron chi connectivity index (χ2n) is 7.51. The number of amides is 1. The Morgan fingerprint density at radius 3 is 2.32 bits per heavy atom. The summed E-state index contributed by atoms with van der Waals surface area (Å²) in [6.45, 7) is 3.92. The van der Waals surface area contributed by atoms with Crippen LogP contribution in [0.25, 0.3) is 11.3 Å². The van der Waals surface area contributed by atoms with Crippen LogP contribution in [0.2, 0.25) is 0 Å². The Hall–Kier alpha value is -3.11. The Morgan fingerprint density at radius 2 is 1.74 bits per heavy atom. The summed E-state index contributed by atoms with van der Waals surface area (Å²) < 4.78 is 46.7. The molecule has 34 heavy (non-hydrogen) atoms. The van der Waals surface area contributed by atoms with E-state index in [0.29, 0.717) is 11.4 Å². The lowest BCUT2D eigenvalue weighted by Crippen LogP contribution is -2.17. The van der Waals surface area contributed by atoms with Crippen molar-refractivity contribution in [3.8, 4) is 11.3 Å². The highest BCUT2D eigenvalue weighted by Crippen LogP contribution is 2.48. The topological polar surface area (TPSA) is 151 Å². The molecule has 0 bridgehead atoms. The fourth-order valence-electron chi connectivity index (χ4n) is 3.19. The second kappa shape index (κ2) is 10.0. The van der Waals surface area contributed by atoms with Crippen LogP contribution in [-0.2, 0) is 23.4 Å². The van der Waals surface area contributed by atoms with Crippen molar-refractivity contribution in [3.05, 3.63) is 65.5 Å². The maximum Gasteiger partial charge on any atom is 0.345 e. The molecule has 3 aromatic rings. The molecule has 0 fully saturated rings. The van der Waals surface area contributed by atoms with Gasteiger partial charge in [-0.2, -0.15) is 0 Å². The third-order valence-corrected chi connectivity index (χ3v) is 9.76. The molecule has 2 aromatic carbocycles. The molecule has 1 heterocycles. The summed E-state index contributed by atoms with van der Waals surface area (Å²) in [7, 11) is -5.50. The van der Waals surface area contributed by atoms with E-state index < -0.39 is 28.8 Å². The van der Waals surface area contributed by atoms with Crippen LogP contribution in [0.3, 0.4) is 0 Å². The van der Waals surface area contributed by atoms with Crippen LogP contribution in [0.1, 0.15) is 21.6 Å². The quantitative estimate of drug-likeness (QED) is 0.436. The maximum atomic E-state index is 12.8. The van der Waals surface area contributed by atoms with Gasteiger partial charge in [0.05, 0.1) is 16.8 Å². The van der Waals surface area contributed by atoms with Crippen LogP contribution in [0, 0.1) is 13.8 Å². The van der Waals surface area contributed by atoms with Crippen molar-refractivity contribution in [2.75, 3.05) is 30.8 Å². The normalized spacial score (nSPS) is 11.9. The Labute approximate surface area is 198 Å². The van der Waals surface area contributed by atoms with Gasteiger partial charge in [-0.3, -0.25) is 9.36 Å². The summed E-state index contributed by atoms with van der Waals surface area (Å²) in [6, 6.07) is 11.2. The molecule has 1 aromatic heterocycles. The van der Waals surface area contributed by atoms with Crippen LogP contribution >= 0.6 is 7.60 Å². The van der Waals surface area contributed by atoms with Gasteiger partial charge < -0.3 is 20.1 Å². The van der Waals surface area contributed by atoms with E-state index in [4.69, 9.17) is 14.8 Å². The summed E-state index contributed by atoms with van der Waals surface area (Å²) in [5, 5.41) is 2.63. The van der Waals surface area contributed by atoms with Gasteiger partial charge in [0.25, 0.3) is 5.91 Å². The van der Waals surface area contributed by atoms with Crippen LogP contribution in [0.15, 0.2) is 53.6 Å². The molecule has 0 atom stereocenters. The van der Waals surface area contributed by atoms with Gasteiger partial charge in [0, 0.05) is 25.5 Å². The Bertz CT molecular complexity index is 1370. The van der Waals surface area contributed by atoms with E-state index in [9.17, 15) is 17.8 Å². The molecule has 0 saturated carbocycles. The third-order valence-electron chi connectivity index (χ3n) is 5.03. The molecule has 0 aliphatic heterocycles. The molecule has 1 amide bonds. The second-order valence-corrected chi connectivity index (χ2v) is 12.2. The number of nitrogens with one attached hydrogen (secondary N) is 1. The number of rotatable bonds is 8. The highest BCUT2D eigenvalue weighted by atomic mass is 32.2. The van der Waals surface area contributed by atoms with Crippen LogP contribution in [0.4, 0.5) is 11.5 Å². The summed E-state index contributed by atoms with van der Waals surface area (Å²) >= 11 is 0. The summed E-state index contributed by atoms with van der Waals surface area (Å²) in [4.78, 5) is 21.2. The van der Waals surface area contributed by atoms with E-state index in [1.54, 1.807) is 0 Å². The average molecular weight is 505 g/mol. The number of anilines is 2. The lowest BCUT2D eigenvalue weighted by Gasteiger charge is -2.14. The van der Waals surface area contributed by atoms with Crippen molar-refractivity contribution < 1.29 is 26.8 Å². The largest absolute Gasteiger partial charge is 0.382 e. The molecule has 0 radical (unpaired) electrons. The SMILES string of the molecule is COP(=O)(CS(=O)(=O)c1ccc(NC(=O)c2nc(-c3ccc(C)cc3C)cnc2N)cc1)OC. The Balaban J connectivity index is 1.82. The zero-order valence-corrected chi connectivity index (χ0v) is 20.8. The number of hydrogen-bond acceptors (Lipinski definition) is 9. The van der Waals surface area contributed by atoms with Crippen molar-refractivity contribution >= 4 is 34.8 Å². The van der Waals surface area contributed by atoms with Crippen molar-refractivity contribution in [1.82, 2.24) is 9.97 Å². The van der Waals surface area contributed by atoms with Crippen LogP contribution in [-0.4, -0.2) is 44.0 Å². The predicted octanol–water partition coefficient (Wildman–Crippen LogP) is 3.81. The van der Waals surface area contributed by atoms with Crippen molar-refractivity contribution in [2.24, 2.45) is 0 Å². The van der Waals surface area contributed by atoms with Crippen molar-refractivity contribution in [1.29, 1.82) is 0 Å². The van der Waals surface area contributed by atoms with Gasteiger partial charge in [-0.05, 0) is 43.7 Å². The highest BCUT2D eigenvalue weighted by Gasteiger charge is 2.31. The number of sulfone groups is 1. The lowest BCUT2D eigenvalue weighted by atomic mass is 10.0. The summed E-state index contributed by atoms with van der Waals surface area (Å²) in [5.41, 5.74) is 8.73. The zero-order valence-electron chi connectivity index (χ0n) is 19.1. The van der Waals surface area contributed by atoms with Crippen LogP contribution in [0.5, 0.6) is 0 Å².